The van der Waals surface area contributed by atoms with Crippen LogP contribution in [0.3, 0.4) is 0 Å². The van der Waals surface area contributed by atoms with Gasteiger partial charge in [0.2, 0.25) is 0 Å². The fourth-order valence-electron chi connectivity index (χ4n) is 5.37. The van der Waals surface area contributed by atoms with Crippen molar-refractivity contribution in [3.63, 3.8) is 0 Å². The zero-order valence-electron chi connectivity index (χ0n) is 28.3. The van der Waals surface area contributed by atoms with Crippen LogP contribution in [0.4, 0.5) is 51.2 Å². The predicted octanol–water partition coefficient (Wildman–Crippen LogP) is 13.9. The van der Waals surface area contributed by atoms with Crippen molar-refractivity contribution in [1.29, 1.82) is 0 Å². The molecule has 0 atom stereocenters. The largest absolute Gasteiger partial charge is 3.00 e. The number of benzene rings is 6. The van der Waals surface area contributed by atoms with Gasteiger partial charge in [-0.15, -0.1) is 34.1 Å². The SMILES string of the molecule is C1CCOC1.Clc1cc(Cl)cc([N-]c2ccccc2N(c2ccccc2[N-]c2cc(Cl)cc(Cl)c2)c2ccccc2[N-]c2cc(Cl)cc(Cl)c2)c1.[Fe+3].[K+]. The Bertz CT molecular complexity index is 1840. The number of para-hydroxylation sites is 6. The van der Waals surface area contributed by atoms with Gasteiger partial charge < -0.3 is 25.6 Å². The van der Waals surface area contributed by atoms with E-state index >= 15 is 0 Å². The van der Waals surface area contributed by atoms with Gasteiger partial charge in [-0.05, 0) is 49.2 Å². The fourth-order valence-corrected chi connectivity index (χ4v) is 6.92. The molecule has 0 saturated carbocycles. The molecule has 265 valence electrons. The summed E-state index contributed by atoms with van der Waals surface area (Å²) in [6.45, 7) is 2.00. The van der Waals surface area contributed by atoms with Gasteiger partial charge in [-0.1, -0.05) is 161 Å². The van der Waals surface area contributed by atoms with Gasteiger partial charge in [-0.2, -0.15) is 0 Å². The van der Waals surface area contributed by atoms with Crippen LogP contribution in [0.2, 0.25) is 30.1 Å². The molecule has 0 spiro atoms. The summed E-state index contributed by atoms with van der Waals surface area (Å²) in [6, 6.07) is 38.8. The molecule has 0 unspecified atom stereocenters. The van der Waals surface area contributed by atoms with Gasteiger partial charge in [-0.25, -0.2) is 0 Å². The van der Waals surface area contributed by atoms with Crippen molar-refractivity contribution in [3.05, 3.63) is 173 Å². The van der Waals surface area contributed by atoms with E-state index in [-0.39, 0.29) is 68.5 Å². The topological polar surface area (TPSA) is 54.8 Å². The van der Waals surface area contributed by atoms with Crippen LogP contribution in [0, 0.1) is 0 Å². The molecule has 0 aromatic heterocycles. The second-order valence-electron chi connectivity index (χ2n) is 11.3. The van der Waals surface area contributed by atoms with Crippen molar-refractivity contribution in [2.45, 2.75) is 12.8 Å². The van der Waals surface area contributed by atoms with Gasteiger partial charge in [0, 0.05) is 60.4 Å². The summed E-state index contributed by atoms with van der Waals surface area (Å²) < 4.78 is 4.94. The molecule has 53 heavy (non-hydrogen) atoms. The van der Waals surface area contributed by atoms with Crippen LogP contribution in [0.25, 0.3) is 16.0 Å². The minimum atomic E-state index is 0. The summed E-state index contributed by atoms with van der Waals surface area (Å²) in [5, 5.41) is 17.8. The van der Waals surface area contributed by atoms with Gasteiger partial charge in [0.15, 0.2) is 0 Å². The Hall–Kier alpha value is -1.62. The van der Waals surface area contributed by atoms with E-state index in [1.54, 1.807) is 54.6 Å². The molecule has 0 bridgehead atoms. The van der Waals surface area contributed by atoms with Crippen molar-refractivity contribution in [3.8, 4) is 0 Å². The Morgan fingerprint density at radius 1 is 0.415 bits per heavy atom. The maximum atomic E-state index is 6.33. The molecule has 6 aromatic rings. The van der Waals surface area contributed by atoms with E-state index in [2.05, 4.69) is 4.90 Å². The molecule has 1 radical (unpaired) electrons. The van der Waals surface area contributed by atoms with Crippen molar-refractivity contribution in [1.82, 2.24) is 0 Å². The molecule has 1 saturated heterocycles. The zero-order valence-corrected chi connectivity index (χ0v) is 37.0. The monoisotopic (exact) mass is 886 g/mol. The summed E-state index contributed by atoms with van der Waals surface area (Å²) in [5.74, 6) is 0. The molecular weight excluding hydrogens is 860 g/mol. The average molecular weight is 889 g/mol. The minimum absolute atomic E-state index is 0. The second-order valence-corrected chi connectivity index (χ2v) is 14.0. The Balaban J connectivity index is 0.000000828. The number of ether oxygens (including phenoxy) is 1. The third-order valence-corrected chi connectivity index (χ3v) is 8.80. The molecule has 13 heteroatoms. The maximum Gasteiger partial charge on any atom is 3.00 e. The molecule has 1 fully saturated rings. The summed E-state index contributed by atoms with van der Waals surface area (Å²) in [5.41, 5.74) is 6.01. The zero-order chi connectivity index (χ0) is 35.7. The fraction of sp³-hybridized carbons (Fsp3) is 0.100. The number of nitrogens with zero attached hydrogens (tertiary/aromatic N) is 4. The van der Waals surface area contributed by atoms with E-state index in [0.29, 0.717) is 64.3 Å². The van der Waals surface area contributed by atoms with Crippen LogP contribution in [0.1, 0.15) is 12.8 Å². The summed E-state index contributed by atoms with van der Waals surface area (Å²) >= 11 is 38.0. The van der Waals surface area contributed by atoms with E-state index in [1.807, 2.05) is 72.8 Å². The van der Waals surface area contributed by atoms with Gasteiger partial charge in [0.1, 0.15) is 0 Å². The van der Waals surface area contributed by atoms with Gasteiger partial charge in [0.25, 0.3) is 0 Å². The Kier molecular flexibility index (Phi) is 18.0. The standard InChI is InChI=1S/C36H21Cl6N4.C4H8O.Fe.K/c37-22-13-23(38)17-28(16-22)43-31-7-1-4-10-34(31)46(35-11-5-2-8-32(35)44-29-18-24(39)14-25(40)19-29)36-12-6-3-9-33(36)45-30-20-26(41)15-27(42)21-30;1-2-4-5-3-1;;/h1-21H;1-4H2;;/q-3;;+3;+1. The summed E-state index contributed by atoms with van der Waals surface area (Å²) in [7, 11) is 0. The number of hydrogen-bond acceptors (Lipinski definition) is 2. The van der Waals surface area contributed by atoms with E-state index in [4.69, 9.17) is 90.3 Å². The summed E-state index contributed by atoms with van der Waals surface area (Å²) in [4.78, 5) is 2.06. The molecule has 0 aliphatic carbocycles. The van der Waals surface area contributed by atoms with E-state index in [0.717, 1.165) is 30.3 Å². The van der Waals surface area contributed by atoms with Gasteiger partial charge in [0.05, 0.1) is 0 Å². The third kappa shape index (κ3) is 12.7. The minimum Gasteiger partial charge on any atom is -0.656 e. The number of hydrogen-bond donors (Lipinski definition) is 0. The molecule has 0 amide bonds. The predicted molar refractivity (Wildman–Crippen MR) is 219 cm³/mol. The van der Waals surface area contributed by atoms with Crippen LogP contribution >= 0.6 is 69.6 Å². The van der Waals surface area contributed by atoms with Crippen molar-refractivity contribution in [2.75, 3.05) is 18.1 Å². The van der Waals surface area contributed by atoms with Crippen LogP contribution in [0.15, 0.2) is 127 Å². The molecule has 0 N–H and O–H groups in total. The van der Waals surface area contributed by atoms with Gasteiger partial charge in [-0.3, -0.25) is 0 Å². The third-order valence-electron chi connectivity index (χ3n) is 7.49. The van der Waals surface area contributed by atoms with E-state index < -0.39 is 0 Å². The number of halogens is 6. The average Bonchev–Trinajstić information content (AvgIpc) is 3.67. The molecular formula is C40H29Cl6FeKN4O+. The number of anilines is 3. The molecule has 1 heterocycles. The first kappa shape index (κ1) is 44.1. The van der Waals surface area contributed by atoms with Gasteiger partial charge >= 0.3 is 68.5 Å². The van der Waals surface area contributed by atoms with Crippen LogP contribution < -0.4 is 56.3 Å². The molecule has 1 aliphatic rings. The van der Waals surface area contributed by atoms with Crippen molar-refractivity contribution in [2.24, 2.45) is 0 Å². The molecule has 6 aromatic carbocycles. The molecule has 5 nitrogen and oxygen atoms in total. The van der Waals surface area contributed by atoms with Crippen molar-refractivity contribution >= 4 is 121 Å². The smallest absolute Gasteiger partial charge is 0.656 e. The van der Waals surface area contributed by atoms with Crippen LogP contribution in [-0.4, -0.2) is 13.2 Å². The molecule has 1 aliphatic heterocycles. The van der Waals surface area contributed by atoms with Crippen molar-refractivity contribution < 1.29 is 73.2 Å². The Morgan fingerprint density at radius 2 is 0.679 bits per heavy atom. The van der Waals surface area contributed by atoms with E-state index in [1.165, 1.54) is 12.8 Å². The first-order valence-electron chi connectivity index (χ1n) is 15.9. The first-order valence-corrected chi connectivity index (χ1v) is 18.2. The summed E-state index contributed by atoms with van der Waals surface area (Å²) in [6.07, 6.45) is 2.56. The second kappa shape index (κ2) is 21.6. The maximum absolute atomic E-state index is 6.33. The van der Waals surface area contributed by atoms with E-state index in [9.17, 15) is 0 Å². The van der Waals surface area contributed by atoms with Crippen LogP contribution in [-0.2, 0) is 21.8 Å². The molecule has 7 rings (SSSR count). The first-order chi connectivity index (χ1) is 24.7. The van der Waals surface area contributed by atoms with Crippen LogP contribution in [0.5, 0.6) is 0 Å². The Morgan fingerprint density at radius 3 is 0.925 bits per heavy atom. The number of rotatable bonds is 9. The normalized spacial score (nSPS) is 11.7. The quantitative estimate of drug-likeness (QED) is 0.136. The Labute approximate surface area is 393 Å².